The molecule has 8 nitrogen and oxygen atoms in total. The zero-order chi connectivity index (χ0) is 19.9. The number of hydrogen-bond acceptors (Lipinski definition) is 7. The van der Waals surface area contributed by atoms with Crippen molar-refractivity contribution in [2.75, 3.05) is 36.1 Å². The Morgan fingerprint density at radius 1 is 1.32 bits per heavy atom. The number of hydrogen-bond donors (Lipinski definition) is 0. The van der Waals surface area contributed by atoms with Gasteiger partial charge in [-0.3, -0.25) is 9.36 Å². The van der Waals surface area contributed by atoms with E-state index in [-0.39, 0.29) is 31.5 Å². The summed E-state index contributed by atoms with van der Waals surface area (Å²) in [6, 6.07) is 0.887. The summed E-state index contributed by atoms with van der Waals surface area (Å²) in [4.78, 5) is 20.7. The molecule has 1 saturated heterocycles. The average molecular weight is 399 g/mol. The van der Waals surface area contributed by atoms with Crippen LogP contribution in [0.25, 0.3) is 0 Å². The Morgan fingerprint density at radius 3 is 2.82 bits per heavy atom. The van der Waals surface area contributed by atoms with Gasteiger partial charge < -0.3 is 19.1 Å². The monoisotopic (exact) mass is 399 g/mol. The van der Waals surface area contributed by atoms with E-state index in [1.54, 1.807) is 11.0 Å². The quantitative estimate of drug-likeness (QED) is 0.781. The second kappa shape index (κ2) is 7.12. The fourth-order valence-electron chi connectivity index (χ4n) is 3.68. The van der Waals surface area contributed by atoms with Crippen molar-refractivity contribution >= 4 is 11.8 Å². The van der Waals surface area contributed by atoms with Gasteiger partial charge in [-0.1, -0.05) is 5.16 Å². The fraction of sp³-hybridized carbons (Fsp3) is 0.588. The van der Waals surface area contributed by atoms with Crippen LogP contribution in [-0.4, -0.2) is 53.2 Å². The lowest BCUT2D eigenvalue weighted by Crippen LogP contribution is -2.48. The molecule has 2 aromatic heterocycles. The van der Waals surface area contributed by atoms with Crippen LogP contribution in [-0.2, 0) is 11.3 Å². The molecule has 0 amide bonds. The molecule has 0 saturated carbocycles. The van der Waals surface area contributed by atoms with Gasteiger partial charge in [0.25, 0.3) is 5.56 Å². The molecular weight excluding hydrogens is 379 g/mol. The van der Waals surface area contributed by atoms with Gasteiger partial charge in [0, 0.05) is 25.2 Å². The van der Waals surface area contributed by atoms with E-state index in [2.05, 4.69) is 10.1 Å². The Balaban J connectivity index is 1.78. The third-order valence-corrected chi connectivity index (χ3v) is 5.07. The first-order valence-corrected chi connectivity index (χ1v) is 9.03. The van der Waals surface area contributed by atoms with Crippen LogP contribution < -0.4 is 15.4 Å². The first kappa shape index (κ1) is 18.8. The highest BCUT2D eigenvalue weighted by molar-refractivity contribution is 5.47. The summed E-state index contributed by atoms with van der Waals surface area (Å²) in [5, 5.41) is 3.82. The van der Waals surface area contributed by atoms with Crippen molar-refractivity contribution < 1.29 is 22.4 Å². The van der Waals surface area contributed by atoms with Crippen molar-refractivity contribution in [2.45, 2.75) is 38.1 Å². The van der Waals surface area contributed by atoms with Gasteiger partial charge in [-0.15, -0.1) is 0 Å². The molecule has 2 aliphatic heterocycles. The topological polar surface area (TPSA) is 76.6 Å². The van der Waals surface area contributed by atoms with Crippen LogP contribution in [0.4, 0.5) is 24.9 Å². The van der Waals surface area contributed by atoms with Crippen molar-refractivity contribution in [2.24, 2.45) is 0 Å². The normalized spacial score (nSPS) is 23.0. The van der Waals surface area contributed by atoms with Crippen LogP contribution >= 0.6 is 0 Å². The molecule has 1 unspecified atom stereocenters. The molecule has 4 heterocycles. The van der Waals surface area contributed by atoms with E-state index >= 15 is 0 Å². The number of aromatic nitrogens is 3. The summed E-state index contributed by atoms with van der Waals surface area (Å²) in [6.07, 6.45) is -3.37. The molecule has 2 atom stereocenters. The highest BCUT2D eigenvalue weighted by Crippen LogP contribution is 2.38. The number of morpholine rings is 1. The smallest absolute Gasteiger partial charge is 0.377 e. The molecule has 0 N–H and O–H groups in total. The molecule has 0 spiro atoms. The van der Waals surface area contributed by atoms with Gasteiger partial charge >= 0.3 is 6.18 Å². The number of alkyl halides is 3. The predicted octanol–water partition coefficient (Wildman–Crippen LogP) is 1.97. The SMILES string of the molecule is C[C@@H]1COCCN1c1cc(=O)n2c(n1)N(Cc1ccon1)CCC2C(F)(F)F. The molecule has 0 aromatic carbocycles. The van der Waals surface area contributed by atoms with Crippen molar-refractivity contribution in [3.63, 3.8) is 0 Å². The first-order valence-electron chi connectivity index (χ1n) is 9.03. The van der Waals surface area contributed by atoms with Crippen LogP contribution in [0.2, 0.25) is 0 Å². The van der Waals surface area contributed by atoms with Crippen molar-refractivity contribution in [1.82, 2.24) is 14.7 Å². The van der Waals surface area contributed by atoms with Crippen LogP contribution in [0.5, 0.6) is 0 Å². The Labute approximate surface area is 158 Å². The van der Waals surface area contributed by atoms with Gasteiger partial charge in [-0.2, -0.15) is 18.2 Å². The Hall–Kier alpha value is -2.56. The highest BCUT2D eigenvalue weighted by atomic mass is 19.4. The number of ether oxygens (including phenoxy) is 1. The van der Waals surface area contributed by atoms with Crippen LogP contribution in [0.1, 0.15) is 25.1 Å². The first-order chi connectivity index (χ1) is 13.3. The maximum absolute atomic E-state index is 13.6. The average Bonchev–Trinajstić information content (AvgIpc) is 3.14. The van der Waals surface area contributed by atoms with Gasteiger partial charge in [-0.05, 0) is 13.3 Å². The maximum Gasteiger partial charge on any atom is 0.409 e. The van der Waals surface area contributed by atoms with Gasteiger partial charge in [0.1, 0.15) is 23.8 Å². The summed E-state index contributed by atoms with van der Waals surface area (Å²) in [5.74, 6) is 0.359. The summed E-state index contributed by atoms with van der Waals surface area (Å²) in [5.41, 5.74) is -0.165. The van der Waals surface area contributed by atoms with E-state index in [0.717, 1.165) is 4.57 Å². The summed E-state index contributed by atoms with van der Waals surface area (Å²) < 4.78 is 51.6. The van der Waals surface area contributed by atoms with Crippen LogP contribution in [0.15, 0.2) is 27.7 Å². The van der Waals surface area contributed by atoms with Crippen molar-refractivity contribution in [1.29, 1.82) is 0 Å². The molecule has 4 rings (SSSR count). The molecule has 2 aliphatic rings. The minimum atomic E-state index is -4.53. The molecule has 1 fully saturated rings. The van der Waals surface area contributed by atoms with Crippen molar-refractivity contribution in [3.05, 3.63) is 34.4 Å². The molecule has 2 aromatic rings. The van der Waals surface area contributed by atoms with Gasteiger partial charge in [0.15, 0.2) is 0 Å². The third-order valence-electron chi connectivity index (χ3n) is 5.07. The fourth-order valence-corrected chi connectivity index (χ4v) is 3.68. The molecule has 28 heavy (non-hydrogen) atoms. The van der Waals surface area contributed by atoms with E-state index < -0.39 is 17.8 Å². The second-order valence-electron chi connectivity index (χ2n) is 7.00. The van der Waals surface area contributed by atoms with E-state index in [1.165, 1.54) is 12.3 Å². The minimum absolute atomic E-state index is 0.00207. The number of nitrogens with zero attached hydrogens (tertiary/aromatic N) is 5. The number of fused-ring (bicyclic) bond motifs is 1. The lowest BCUT2D eigenvalue weighted by Gasteiger charge is -2.38. The number of anilines is 2. The summed E-state index contributed by atoms with van der Waals surface area (Å²) in [6.45, 7) is 3.68. The highest BCUT2D eigenvalue weighted by Gasteiger charge is 2.45. The Morgan fingerprint density at radius 2 is 2.14 bits per heavy atom. The largest absolute Gasteiger partial charge is 0.409 e. The summed E-state index contributed by atoms with van der Waals surface area (Å²) >= 11 is 0. The van der Waals surface area contributed by atoms with Gasteiger partial charge in [0.05, 0.1) is 25.8 Å². The third kappa shape index (κ3) is 3.46. The molecule has 152 valence electrons. The molecule has 0 bridgehead atoms. The molecule has 0 radical (unpaired) electrons. The van der Waals surface area contributed by atoms with Gasteiger partial charge in [0.2, 0.25) is 5.95 Å². The molecule has 0 aliphatic carbocycles. The standard InChI is InChI=1S/C17H20F3N5O3/c1-11-10-27-7-5-24(11)14-8-15(26)25-13(17(18,19)20)2-4-23(16(25)21-14)9-12-3-6-28-22-12/h3,6,8,11,13H,2,4-5,7,9-10H2,1H3/t11-,13?/m1/s1. The summed E-state index contributed by atoms with van der Waals surface area (Å²) in [7, 11) is 0. The zero-order valence-electron chi connectivity index (χ0n) is 15.2. The molecule has 11 heteroatoms. The van der Waals surface area contributed by atoms with E-state index in [1.807, 2.05) is 11.8 Å². The van der Waals surface area contributed by atoms with E-state index in [9.17, 15) is 18.0 Å². The van der Waals surface area contributed by atoms with Crippen molar-refractivity contribution in [3.8, 4) is 0 Å². The maximum atomic E-state index is 13.6. The van der Waals surface area contributed by atoms with E-state index in [4.69, 9.17) is 9.26 Å². The lowest BCUT2D eigenvalue weighted by atomic mass is 10.1. The Bertz CT molecular complexity index is 883. The Kier molecular flexibility index (Phi) is 4.77. The number of rotatable bonds is 3. The van der Waals surface area contributed by atoms with Crippen LogP contribution in [0, 0.1) is 0 Å². The van der Waals surface area contributed by atoms with Crippen LogP contribution in [0.3, 0.4) is 0 Å². The molecular formula is C17H20F3N5O3. The minimum Gasteiger partial charge on any atom is -0.377 e. The zero-order valence-corrected chi connectivity index (χ0v) is 15.2. The number of halogens is 3. The van der Waals surface area contributed by atoms with Gasteiger partial charge in [-0.25, -0.2) is 0 Å². The predicted molar refractivity (Wildman–Crippen MR) is 93.4 cm³/mol. The van der Waals surface area contributed by atoms with E-state index in [0.29, 0.717) is 31.3 Å². The second-order valence-corrected chi connectivity index (χ2v) is 7.00. The lowest BCUT2D eigenvalue weighted by molar-refractivity contribution is -0.171.